The lowest BCUT2D eigenvalue weighted by Gasteiger charge is -2.15. The molecule has 174 valence electrons. The van der Waals surface area contributed by atoms with Crippen LogP contribution < -0.4 is 17.1 Å². The number of aromatic nitrogens is 4. The lowest BCUT2D eigenvalue weighted by molar-refractivity contribution is -0.00171. The maximum atomic E-state index is 14.9. The molecule has 13 nitrogen and oxygen atoms in total. The number of hydrogen-bond donors (Lipinski definition) is 4. The number of nitrogens with zero attached hydrogens (tertiary/aromatic N) is 4. The molecule has 1 saturated heterocycles. The van der Waals surface area contributed by atoms with Gasteiger partial charge in [-0.15, -0.1) is 0 Å². The zero-order valence-electron chi connectivity index (χ0n) is 16.8. The van der Waals surface area contributed by atoms with E-state index in [2.05, 4.69) is 29.5 Å². The standard InChI is InChI=1S/C18H19FN7O6P/c19-12-14(27)11(6-7-33(29,31-20)32-21)30-18(12)26-9-24-13-15(22-8-23-16(13)26)25-17(28)10-4-2-1-3-5-10/h1-9,11-12,14,18,27H,20-21H2,(H,22,23,25,28)/t11-,12+,14-,18-/m1/s1. The molecule has 0 spiro atoms. The predicted molar refractivity (Wildman–Crippen MR) is 112 cm³/mol. The molecule has 0 bridgehead atoms. The minimum Gasteiger partial charge on any atom is -0.387 e. The SMILES string of the molecule is NOP(=O)(C=C[C@H]1O[C@@H](n2cnc3c(NC(=O)c4ccccc4)ncnc32)[C@@H](F)[C@@H]1O)ON. The van der Waals surface area contributed by atoms with Gasteiger partial charge in [-0.3, -0.25) is 13.9 Å². The Morgan fingerprint density at radius 3 is 2.67 bits per heavy atom. The highest BCUT2D eigenvalue weighted by molar-refractivity contribution is 7.57. The van der Waals surface area contributed by atoms with Crippen molar-refractivity contribution >= 4 is 30.5 Å². The first-order valence-electron chi connectivity index (χ1n) is 9.44. The van der Waals surface area contributed by atoms with Gasteiger partial charge in [0.25, 0.3) is 5.91 Å². The van der Waals surface area contributed by atoms with Crippen LogP contribution in [0.3, 0.4) is 0 Å². The van der Waals surface area contributed by atoms with E-state index >= 15 is 0 Å². The summed E-state index contributed by atoms with van der Waals surface area (Å²) in [7, 11) is -3.96. The van der Waals surface area contributed by atoms with Crippen molar-refractivity contribution in [3.8, 4) is 0 Å². The van der Waals surface area contributed by atoms with Gasteiger partial charge in [0.2, 0.25) is 0 Å². The van der Waals surface area contributed by atoms with Crippen molar-refractivity contribution in [3.63, 3.8) is 0 Å². The van der Waals surface area contributed by atoms with Crippen LogP contribution in [0.4, 0.5) is 10.2 Å². The smallest absolute Gasteiger partial charge is 0.386 e. The van der Waals surface area contributed by atoms with Crippen LogP contribution in [-0.4, -0.2) is 48.9 Å². The number of ether oxygens (including phenoxy) is 1. The number of aliphatic hydroxyl groups excluding tert-OH is 1. The summed E-state index contributed by atoms with van der Waals surface area (Å²) in [5.41, 5.74) is 0.743. The average Bonchev–Trinajstić information content (AvgIpc) is 3.40. The summed E-state index contributed by atoms with van der Waals surface area (Å²) in [5.74, 6) is 10.3. The number of nitrogens with two attached hydrogens (primary N) is 2. The summed E-state index contributed by atoms with van der Waals surface area (Å²) in [5, 5.41) is 12.9. The van der Waals surface area contributed by atoms with Crippen molar-refractivity contribution in [1.29, 1.82) is 0 Å². The molecule has 4 rings (SSSR count). The van der Waals surface area contributed by atoms with Gasteiger partial charge in [-0.25, -0.2) is 40.4 Å². The molecule has 1 aromatic carbocycles. The van der Waals surface area contributed by atoms with Gasteiger partial charge in [0.1, 0.15) is 18.5 Å². The van der Waals surface area contributed by atoms with Crippen molar-refractivity contribution in [1.82, 2.24) is 19.5 Å². The highest BCUT2D eigenvalue weighted by Crippen LogP contribution is 2.46. The molecule has 0 radical (unpaired) electrons. The van der Waals surface area contributed by atoms with Crippen LogP contribution >= 0.6 is 7.60 Å². The monoisotopic (exact) mass is 479 g/mol. The normalized spacial score (nSPS) is 23.4. The molecule has 0 aliphatic carbocycles. The lowest BCUT2D eigenvalue weighted by atomic mass is 10.1. The van der Waals surface area contributed by atoms with E-state index in [-0.39, 0.29) is 17.0 Å². The molecule has 15 heteroatoms. The number of alkyl halides is 1. The third kappa shape index (κ3) is 4.54. The quantitative estimate of drug-likeness (QED) is 0.281. The molecular weight excluding hydrogens is 460 g/mol. The Kier molecular flexibility index (Phi) is 6.58. The van der Waals surface area contributed by atoms with Crippen molar-refractivity contribution < 1.29 is 32.8 Å². The van der Waals surface area contributed by atoms with E-state index in [1.165, 1.54) is 17.2 Å². The van der Waals surface area contributed by atoms with E-state index in [0.717, 1.165) is 11.9 Å². The van der Waals surface area contributed by atoms with Gasteiger partial charge in [0.15, 0.2) is 29.4 Å². The van der Waals surface area contributed by atoms with Crippen molar-refractivity contribution in [2.45, 2.75) is 24.6 Å². The van der Waals surface area contributed by atoms with Crippen molar-refractivity contribution in [2.75, 3.05) is 5.32 Å². The highest BCUT2D eigenvalue weighted by Gasteiger charge is 2.45. The maximum absolute atomic E-state index is 14.9. The Balaban J connectivity index is 1.59. The molecule has 1 aliphatic heterocycles. The first kappa shape index (κ1) is 23.1. The van der Waals surface area contributed by atoms with Crippen molar-refractivity contribution in [3.05, 3.63) is 60.4 Å². The van der Waals surface area contributed by atoms with Gasteiger partial charge < -0.3 is 15.2 Å². The van der Waals surface area contributed by atoms with E-state index < -0.39 is 38.1 Å². The van der Waals surface area contributed by atoms with E-state index in [4.69, 9.17) is 16.5 Å². The first-order chi connectivity index (χ1) is 15.9. The number of hydrogen-bond acceptors (Lipinski definition) is 11. The number of anilines is 1. The number of benzene rings is 1. The summed E-state index contributed by atoms with van der Waals surface area (Å²) in [6.07, 6.45) is -2.64. The Hall–Kier alpha value is -3.10. The molecule has 2 aromatic heterocycles. The number of imidazole rings is 1. The second-order valence-electron chi connectivity index (χ2n) is 6.88. The second-order valence-corrected chi connectivity index (χ2v) is 8.68. The number of fused-ring (bicyclic) bond motifs is 1. The molecule has 33 heavy (non-hydrogen) atoms. The molecule has 3 aromatic rings. The lowest BCUT2D eigenvalue weighted by Crippen LogP contribution is -2.27. The fourth-order valence-corrected chi connectivity index (χ4v) is 3.80. The molecule has 4 atom stereocenters. The first-order valence-corrected chi connectivity index (χ1v) is 11.1. The van der Waals surface area contributed by atoms with E-state index in [0.29, 0.717) is 5.56 Å². The molecule has 1 amide bonds. The number of halogens is 1. The number of carbonyl (C=O) groups is 1. The fourth-order valence-electron chi connectivity index (χ4n) is 3.23. The minimum absolute atomic E-state index is 0.110. The van der Waals surface area contributed by atoms with E-state index in [9.17, 15) is 18.9 Å². The van der Waals surface area contributed by atoms with Gasteiger partial charge in [-0.2, -0.15) is 0 Å². The summed E-state index contributed by atoms with van der Waals surface area (Å²) in [4.78, 5) is 24.8. The third-order valence-electron chi connectivity index (χ3n) is 4.88. The Bertz CT molecular complexity index is 1220. The van der Waals surface area contributed by atoms with Gasteiger partial charge in [-0.05, 0) is 18.2 Å². The predicted octanol–water partition coefficient (Wildman–Crippen LogP) is 1.16. The van der Waals surface area contributed by atoms with Crippen LogP contribution in [0.15, 0.2) is 54.9 Å². The van der Waals surface area contributed by atoms with Crippen LogP contribution in [0.5, 0.6) is 0 Å². The number of nitrogens with one attached hydrogen (secondary N) is 1. The maximum Gasteiger partial charge on any atom is 0.386 e. The largest absolute Gasteiger partial charge is 0.387 e. The van der Waals surface area contributed by atoms with Gasteiger partial charge >= 0.3 is 7.60 Å². The molecule has 1 aliphatic rings. The zero-order valence-corrected chi connectivity index (χ0v) is 17.7. The number of aliphatic hydroxyl groups is 1. The molecule has 0 saturated carbocycles. The van der Waals surface area contributed by atoms with Gasteiger partial charge in [-0.1, -0.05) is 18.2 Å². The number of carbonyl (C=O) groups excluding carboxylic acids is 1. The molecule has 3 heterocycles. The van der Waals surface area contributed by atoms with E-state index in [1.807, 2.05) is 0 Å². The van der Waals surface area contributed by atoms with Gasteiger partial charge in [0.05, 0.1) is 6.33 Å². The molecule has 0 unspecified atom stereocenters. The average molecular weight is 479 g/mol. The Morgan fingerprint density at radius 2 is 1.97 bits per heavy atom. The summed E-state index contributed by atoms with van der Waals surface area (Å²) >= 11 is 0. The second kappa shape index (κ2) is 9.41. The van der Waals surface area contributed by atoms with Crippen LogP contribution in [-0.2, 0) is 18.6 Å². The highest BCUT2D eigenvalue weighted by atomic mass is 31.2. The summed E-state index contributed by atoms with van der Waals surface area (Å²) < 4.78 is 42.0. The van der Waals surface area contributed by atoms with Crippen LogP contribution in [0, 0.1) is 0 Å². The van der Waals surface area contributed by atoms with Crippen LogP contribution in [0.25, 0.3) is 11.2 Å². The summed E-state index contributed by atoms with van der Waals surface area (Å²) in [6, 6.07) is 8.47. The number of rotatable bonds is 7. The van der Waals surface area contributed by atoms with Crippen LogP contribution in [0.2, 0.25) is 0 Å². The topological polar surface area (TPSA) is 190 Å². The third-order valence-corrected chi connectivity index (χ3v) is 6.01. The zero-order chi connectivity index (χ0) is 23.6. The van der Waals surface area contributed by atoms with Crippen LogP contribution in [0.1, 0.15) is 16.6 Å². The molecule has 6 N–H and O–H groups in total. The summed E-state index contributed by atoms with van der Waals surface area (Å²) in [6.45, 7) is 0. The fraction of sp³-hybridized carbons (Fsp3) is 0.222. The van der Waals surface area contributed by atoms with E-state index in [1.54, 1.807) is 30.3 Å². The van der Waals surface area contributed by atoms with Gasteiger partial charge in [0, 0.05) is 11.4 Å². The Morgan fingerprint density at radius 1 is 1.24 bits per heavy atom. The van der Waals surface area contributed by atoms with Crippen molar-refractivity contribution in [2.24, 2.45) is 11.8 Å². The molecular formula is C18H19FN7O6P. The Labute approximate surface area is 185 Å². The number of amides is 1. The molecule has 1 fully saturated rings. The minimum atomic E-state index is -3.96.